The molecule has 2 amide bonds. The summed E-state index contributed by atoms with van der Waals surface area (Å²) in [6.45, 7) is 4.60. The van der Waals surface area contributed by atoms with Crippen LogP contribution in [0.2, 0.25) is 0 Å². The minimum absolute atomic E-state index is 0.0490. The number of anilines is 1. The van der Waals surface area contributed by atoms with E-state index in [4.69, 9.17) is 4.74 Å². The third-order valence-corrected chi connectivity index (χ3v) is 6.19. The molecule has 1 saturated heterocycles. The van der Waals surface area contributed by atoms with Crippen LogP contribution >= 0.6 is 0 Å². The number of morpholine rings is 1. The molecule has 5 heteroatoms. The van der Waals surface area contributed by atoms with E-state index in [2.05, 4.69) is 83.0 Å². The molecule has 1 aliphatic rings. The Balaban J connectivity index is 1.29. The first kappa shape index (κ1) is 22.9. The zero-order chi connectivity index (χ0) is 22.9. The maximum atomic E-state index is 12.7. The molecule has 172 valence electrons. The summed E-state index contributed by atoms with van der Waals surface area (Å²) in [6.07, 6.45) is 0.849. The van der Waals surface area contributed by atoms with Gasteiger partial charge in [0.25, 0.3) is 0 Å². The van der Waals surface area contributed by atoms with Crippen molar-refractivity contribution in [3.63, 3.8) is 0 Å². The van der Waals surface area contributed by atoms with E-state index >= 15 is 0 Å². The van der Waals surface area contributed by atoms with Crippen molar-refractivity contribution in [1.82, 2.24) is 10.2 Å². The Labute approximate surface area is 197 Å². The predicted octanol–water partition coefficient (Wildman–Crippen LogP) is 4.89. The number of hydrogen-bond acceptors (Lipinski definition) is 3. The molecule has 3 aromatic carbocycles. The highest BCUT2D eigenvalue weighted by Crippen LogP contribution is 2.27. The summed E-state index contributed by atoms with van der Waals surface area (Å²) < 4.78 is 5.43. The number of amides is 2. The molecule has 0 radical (unpaired) electrons. The van der Waals surface area contributed by atoms with Crippen molar-refractivity contribution in [1.29, 1.82) is 0 Å². The molecule has 0 spiro atoms. The molecule has 0 aliphatic carbocycles. The lowest BCUT2D eigenvalue weighted by Crippen LogP contribution is -2.37. The number of nitrogens with zero attached hydrogens (tertiary/aromatic N) is 2. The SMILES string of the molecule is CN(Cc1ccc(N2CCOCC2)cc1)C(=O)NCCC(c1ccccc1)c1ccccc1. The number of urea groups is 1. The monoisotopic (exact) mass is 443 g/mol. The van der Waals surface area contributed by atoms with E-state index in [1.54, 1.807) is 4.90 Å². The van der Waals surface area contributed by atoms with Crippen LogP contribution in [-0.4, -0.2) is 50.8 Å². The van der Waals surface area contributed by atoms with Crippen molar-refractivity contribution in [2.75, 3.05) is 44.8 Å². The second kappa shape index (κ2) is 11.5. The molecular weight excluding hydrogens is 410 g/mol. The van der Waals surface area contributed by atoms with E-state index in [9.17, 15) is 4.79 Å². The van der Waals surface area contributed by atoms with Gasteiger partial charge in [-0.3, -0.25) is 0 Å². The van der Waals surface area contributed by atoms with Crippen molar-refractivity contribution in [3.05, 3.63) is 102 Å². The minimum atomic E-state index is -0.0490. The maximum absolute atomic E-state index is 12.7. The first-order valence-corrected chi connectivity index (χ1v) is 11.7. The van der Waals surface area contributed by atoms with E-state index in [0.717, 1.165) is 38.3 Å². The average molecular weight is 444 g/mol. The van der Waals surface area contributed by atoms with Gasteiger partial charge in [0, 0.05) is 44.8 Å². The minimum Gasteiger partial charge on any atom is -0.378 e. The van der Waals surface area contributed by atoms with Gasteiger partial charge in [-0.2, -0.15) is 0 Å². The smallest absolute Gasteiger partial charge is 0.317 e. The van der Waals surface area contributed by atoms with Gasteiger partial charge >= 0.3 is 6.03 Å². The summed E-state index contributed by atoms with van der Waals surface area (Å²) in [5.74, 6) is 0.255. The molecule has 1 N–H and O–H groups in total. The van der Waals surface area contributed by atoms with E-state index in [-0.39, 0.29) is 11.9 Å². The lowest BCUT2D eigenvalue weighted by molar-refractivity contribution is 0.122. The van der Waals surface area contributed by atoms with Crippen molar-refractivity contribution < 1.29 is 9.53 Å². The van der Waals surface area contributed by atoms with Crippen LogP contribution in [0, 0.1) is 0 Å². The lowest BCUT2D eigenvalue weighted by atomic mass is 9.88. The van der Waals surface area contributed by atoms with Gasteiger partial charge in [0.1, 0.15) is 0 Å². The number of carbonyl (C=O) groups excluding carboxylic acids is 1. The van der Waals surface area contributed by atoms with Gasteiger partial charge in [0.2, 0.25) is 0 Å². The summed E-state index contributed by atoms with van der Waals surface area (Å²) in [5.41, 5.74) is 4.87. The molecule has 1 fully saturated rings. The summed E-state index contributed by atoms with van der Waals surface area (Å²) >= 11 is 0. The number of rotatable bonds is 8. The third kappa shape index (κ3) is 6.36. The van der Waals surface area contributed by atoms with E-state index in [0.29, 0.717) is 13.1 Å². The van der Waals surface area contributed by atoms with Crippen LogP contribution in [0.25, 0.3) is 0 Å². The molecule has 33 heavy (non-hydrogen) atoms. The first-order chi connectivity index (χ1) is 16.2. The average Bonchev–Trinajstić information content (AvgIpc) is 2.88. The summed E-state index contributed by atoms with van der Waals surface area (Å²) in [6, 6.07) is 29.4. The fourth-order valence-electron chi connectivity index (χ4n) is 4.33. The van der Waals surface area contributed by atoms with E-state index < -0.39 is 0 Å². The van der Waals surface area contributed by atoms with Crippen molar-refractivity contribution in [2.24, 2.45) is 0 Å². The number of ether oxygens (including phenoxy) is 1. The highest BCUT2D eigenvalue weighted by molar-refractivity contribution is 5.73. The van der Waals surface area contributed by atoms with Crippen molar-refractivity contribution in [2.45, 2.75) is 18.9 Å². The molecule has 1 aliphatic heterocycles. The second-order valence-electron chi connectivity index (χ2n) is 8.52. The van der Waals surface area contributed by atoms with Crippen molar-refractivity contribution in [3.8, 4) is 0 Å². The molecule has 1 heterocycles. The number of carbonyl (C=O) groups is 1. The Kier molecular flexibility index (Phi) is 7.99. The van der Waals surface area contributed by atoms with Crippen LogP contribution in [-0.2, 0) is 11.3 Å². The van der Waals surface area contributed by atoms with Crippen LogP contribution in [0.1, 0.15) is 29.0 Å². The van der Waals surface area contributed by atoms with Crippen LogP contribution in [0.15, 0.2) is 84.9 Å². The summed E-state index contributed by atoms with van der Waals surface area (Å²) in [4.78, 5) is 16.8. The predicted molar refractivity (Wildman–Crippen MR) is 134 cm³/mol. The van der Waals surface area contributed by atoms with Gasteiger partial charge in [-0.1, -0.05) is 72.8 Å². The molecule has 0 saturated carbocycles. The quantitative estimate of drug-likeness (QED) is 0.539. The van der Waals surface area contributed by atoms with Gasteiger partial charge in [0.15, 0.2) is 0 Å². The van der Waals surface area contributed by atoms with Crippen LogP contribution < -0.4 is 10.2 Å². The van der Waals surface area contributed by atoms with E-state index in [1.807, 2.05) is 19.2 Å². The van der Waals surface area contributed by atoms with Gasteiger partial charge in [-0.05, 0) is 35.2 Å². The van der Waals surface area contributed by atoms with Gasteiger partial charge < -0.3 is 19.9 Å². The Morgan fingerprint density at radius 3 is 2.06 bits per heavy atom. The molecule has 5 nitrogen and oxygen atoms in total. The molecular formula is C28H33N3O2. The Hall–Kier alpha value is -3.31. The second-order valence-corrected chi connectivity index (χ2v) is 8.52. The Bertz CT molecular complexity index is 947. The number of nitrogens with one attached hydrogen (secondary N) is 1. The summed E-state index contributed by atoms with van der Waals surface area (Å²) in [7, 11) is 1.84. The normalized spacial score (nSPS) is 13.7. The maximum Gasteiger partial charge on any atom is 0.317 e. The van der Waals surface area contributed by atoms with Crippen LogP contribution in [0.3, 0.4) is 0 Å². The molecule has 0 bridgehead atoms. The van der Waals surface area contributed by atoms with E-state index in [1.165, 1.54) is 16.8 Å². The largest absolute Gasteiger partial charge is 0.378 e. The fraction of sp³-hybridized carbons (Fsp3) is 0.321. The number of benzene rings is 3. The highest BCUT2D eigenvalue weighted by atomic mass is 16.5. The Morgan fingerprint density at radius 1 is 0.909 bits per heavy atom. The zero-order valence-electron chi connectivity index (χ0n) is 19.3. The number of hydrogen-bond donors (Lipinski definition) is 1. The topological polar surface area (TPSA) is 44.8 Å². The zero-order valence-corrected chi connectivity index (χ0v) is 19.3. The third-order valence-electron chi connectivity index (χ3n) is 6.19. The molecule has 4 rings (SSSR count). The lowest BCUT2D eigenvalue weighted by Gasteiger charge is -2.29. The Morgan fingerprint density at radius 2 is 1.48 bits per heavy atom. The van der Waals surface area contributed by atoms with Gasteiger partial charge in [-0.25, -0.2) is 4.79 Å². The standard InChI is InChI=1S/C28H33N3O2/c1-30(22-23-12-14-26(15-13-23)31-18-20-33-21-19-31)28(32)29-17-16-27(24-8-4-2-5-9-24)25-10-6-3-7-11-25/h2-15,27H,16-22H2,1H3,(H,29,32). The molecule has 3 aromatic rings. The van der Waals surface area contributed by atoms with Crippen LogP contribution in [0.5, 0.6) is 0 Å². The van der Waals surface area contributed by atoms with Crippen LogP contribution in [0.4, 0.5) is 10.5 Å². The van der Waals surface area contributed by atoms with Gasteiger partial charge in [-0.15, -0.1) is 0 Å². The first-order valence-electron chi connectivity index (χ1n) is 11.7. The van der Waals surface area contributed by atoms with Gasteiger partial charge in [0.05, 0.1) is 13.2 Å². The van der Waals surface area contributed by atoms with Crippen molar-refractivity contribution >= 4 is 11.7 Å². The summed E-state index contributed by atoms with van der Waals surface area (Å²) in [5, 5.41) is 3.10. The molecule has 0 atom stereocenters. The fourth-order valence-corrected chi connectivity index (χ4v) is 4.33. The molecule has 0 unspecified atom stereocenters. The molecule has 0 aromatic heterocycles. The highest BCUT2D eigenvalue weighted by Gasteiger charge is 2.16.